The fourth-order valence-electron chi connectivity index (χ4n) is 1.75. The number of benzene rings is 1. The summed E-state index contributed by atoms with van der Waals surface area (Å²) >= 11 is 0. The molecule has 7 heteroatoms. The fourth-order valence-corrected chi connectivity index (χ4v) is 1.75. The van der Waals surface area contributed by atoms with Crippen LogP contribution in [0.3, 0.4) is 0 Å². The molecule has 0 atom stereocenters. The van der Waals surface area contributed by atoms with E-state index in [0.29, 0.717) is 5.82 Å². The van der Waals surface area contributed by atoms with E-state index in [0.717, 1.165) is 12.1 Å². The second-order valence-corrected chi connectivity index (χ2v) is 3.88. The SMILES string of the molecule is Cc1nccn1-c1ccc(C(=O)O)c(C(F)(F)F)c1. The lowest BCUT2D eigenvalue weighted by atomic mass is 10.1. The summed E-state index contributed by atoms with van der Waals surface area (Å²) in [6, 6.07) is 3.06. The second kappa shape index (κ2) is 4.42. The number of rotatable bonds is 2. The number of hydrogen-bond donors (Lipinski definition) is 1. The molecule has 1 heterocycles. The lowest BCUT2D eigenvalue weighted by molar-refractivity contribution is -0.138. The molecule has 0 bridgehead atoms. The molecule has 0 aliphatic rings. The van der Waals surface area contributed by atoms with Crippen LogP contribution in [0.2, 0.25) is 0 Å². The molecule has 100 valence electrons. The van der Waals surface area contributed by atoms with Crippen molar-refractivity contribution >= 4 is 5.97 Å². The number of carboxylic acid groups (broad SMARTS) is 1. The Morgan fingerprint density at radius 3 is 2.53 bits per heavy atom. The van der Waals surface area contributed by atoms with Crippen molar-refractivity contribution in [3.63, 3.8) is 0 Å². The summed E-state index contributed by atoms with van der Waals surface area (Å²) in [5.74, 6) is -1.10. The molecule has 0 radical (unpaired) electrons. The Kier molecular flexibility index (Phi) is 3.05. The minimum atomic E-state index is -4.72. The van der Waals surface area contributed by atoms with Crippen LogP contribution in [-0.4, -0.2) is 20.6 Å². The molecule has 4 nitrogen and oxygen atoms in total. The highest BCUT2D eigenvalue weighted by atomic mass is 19.4. The Morgan fingerprint density at radius 2 is 2.05 bits per heavy atom. The first-order valence-electron chi connectivity index (χ1n) is 5.25. The molecule has 2 aromatic rings. The summed E-state index contributed by atoms with van der Waals surface area (Å²) in [6.45, 7) is 1.64. The summed E-state index contributed by atoms with van der Waals surface area (Å²) in [4.78, 5) is 14.7. The number of carbonyl (C=O) groups is 1. The van der Waals surface area contributed by atoms with E-state index < -0.39 is 23.3 Å². The van der Waals surface area contributed by atoms with Crippen molar-refractivity contribution in [1.82, 2.24) is 9.55 Å². The summed E-state index contributed by atoms with van der Waals surface area (Å²) in [7, 11) is 0. The molecule has 1 aromatic carbocycles. The van der Waals surface area contributed by atoms with E-state index in [2.05, 4.69) is 4.98 Å². The summed E-state index contributed by atoms with van der Waals surface area (Å²) in [5, 5.41) is 8.79. The molecule has 1 N–H and O–H groups in total. The highest BCUT2D eigenvalue weighted by Gasteiger charge is 2.35. The second-order valence-electron chi connectivity index (χ2n) is 3.88. The minimum Gasteiger partial charge on any atom is -0.478 e. The van der Waals surface area contributed by atoms with Gasteiger partial charge in [0.2, 0.25) is 0 Å². The summed E-state index contributed by atoms with van der Waals surface area (Å²) in [6.07, 6.45) is -1.77. The first-order valence-corrected chi connectivity index (χ1v) is 5.25. The maximum atomic E-state index is 12.8. The standard InChI is InChI=1S/C12H9F3N2O2/c1-7-16-4-5-17(7)8-2-3-9(11(18)19)10(6-8)12(13,14)15/h2-6H,1H3,(H,18,19). The van der Waals surface area contributed by atoms with Crippen molar-refractivity contribution in [2.75, 3.05) is 0 Å². The van der Waals surface area contributed by atoms with Gasteiger partial charge in [0, 0.05) is 18.1 Å². The maximum Gasteiger partial charge on any atom is 0.417 e. The van der Waals surface area contributed by atoms with Crippen LogP contribution in [0, 0.1) is 6.92 Å². The highest BCUT2D eigenvalue weighted by molar-refractivity contribution is 5.90. The molecule has 2 rings (SSSR count). The van der Waals surface area contributed by atoms with Gasteiger partial charge in [-0.15, -0.1) is 0 Å². The molecule has 19 heavy (non-hydrogen) atoms. The van der Waals surface area contributed by atoms with E-state index in [4.69, 9.17) is 5.11 Å². The van der Waals surface area contributed by atoms with Gasteiger partial charge >= 0.3 is 12.1 Å². The van der Waals surface area contributed by atoms with Gasteiger partial charge in [0.1, 0.15) is 5.82 Å². The first-order chi connectivity index (χ1) is 8.80. The van der Waals surface area contributed by atoms with Gasteiger partial charge < -0.3 is 9.67 Å². The molecule has 0 fully saturated rings. The number of hydrogen-bond acceptors (Lipinski definition) is 2. The van der Waals surface area contributed by atoms with Gasteiger partial charge in [0.15, 0.2) is 0 Å². The fraction of sp³-hybridized carbons (Fsp3) is 0.167. The monoisotopic (exact) mass is 270 g/mol. The number of aryl methyl sites for hydroxylation is 1. The van der Waals surface area contributed by atoms with Crippen LogP contribution in [-0.2, 0) is 6.18 Å². The molecule has 1 aromatic heterocycles. The van der Waals surface area contributed by atoms with Crippen LogP contribution in [0.15, 0.2) is 30.6 Å². The number of alkyl halides is 3. The Labute approximate surface area is 106 Å². The smallest absolute Gasteiger partial charge is 0.417 e. The molecule has 0 saturated carbocycles. The Bertz CT molecular complexity index is 632. The van der Waals surface area contributed by atoms with Gasteiger partial charge in [-0.1, -0.05) is 0 Å². The average Bonchev–Trinajstić information content (AvgIpc) is 2.73. The molecule has 0 saturated heterocycles. The van der Waals surface area contributed by atoms with E-state index in [1.165, 1.54) is 23.0 Å². The molecule has 0 unspecified atom stereocenters. The van der Waals surface area contributed by atoms with E-state index in [1.54, 1.807) is 6.92 Å². The van der Waals surface area contributed by atoms with Crippen LogP contribution in [0.25, 0.3) is 5.69 Å². The van der Waals surface area contributed by atoms with Crippen LogP contribution in [0.5, 0.6) is 0 Å². The normalized spacial score (nSPS) is 11.6. The zero-order valence-electron chi connectivity index (χ0n) is 9.77. The quantitative estimate of drug-likeness (QED) is 0.912. The van der Waals surface area contributed by atoms with Gasteiger partial charge in [0.25, 0.3) is 0 Å². The van der Waals surface area contributed by atoms with Gasteiger partial charge in [0.05, 0.1) is 11.1 Å². The molecule has 0 spiro atoms. The van der Waals surface area contributed by atoms with Gasteiger partial charge in [-0.05, 0) is 25.1 Å². The lowest BCUT2D eigenvalue weighted by Crippen LogP contribution is -2.14. The zero-order chi connectivity index (χ0) is 14.2. The van der Waals surface area contributed by atoms with E-state index >= 15 is 0 Å². The molecule has 0 aliphatic carbocycles. The number of aromatic nitrogens is 2. The zero-order valence-corrected chi connectivity index (χ0v) is 9.77. The van der Waals surface area contributed by atoms with Crippen molar-refractivity contribution in [2.45, 2.75) is 13.1 Å². The van der Waals surface area contributed by atoms with Crippen molar-refractivity contribution in [2.24, 2.45) is 0 Å². The minimum absolute atomic E-state index is 0.215. The van der Waals surface area contributed by atoms with Crippen molar-refractivity contribution in [1.29, 1.82) is 0 Å². The molecular weight excluding hydrogens is 261 g/mol. The van der Waals surface area contributed by atoms with Crippen LogP contribution in [0.1, 0.15) is 21.7 Å². The third-order valence-electron chi connectivity index (χ3n) is 2.64. The predicted octanol–water partition coefficient (Wildman–Crippen LogP) is 2.90. The number of aromatic carboxylic acids is 1. The van der Waals surface area contributed by atoms with E-state index in [9.17, 15) is 18.0 Å². The third-order valence-corrected chi connectivity index (χ3v) is 2.64. The highest BCUT2D eigenvalue weighted by Crippen LogP contribution is 2.33. The van der Waals surface area contributed by atoms with Crippen LogP contribution >= 0.6 is 0 Å². The largest absolute Gasteiger partial charge is 0.478 e. The lowest BCUT2D eigenvalue weighted by Gasteiger charge is -2.13. The maximum absolute atomic E-state index is 12.8. The Hall–Kier alpha value is -2.31. The average molecular weight is 270 g/mol. The number of nitrogens with zero attached hydrogens (tertiary/aromatic N) is 2. The first kappa shape index (κ1) is 13.1. The number of carboxylic acids is 1. The molecule has 0 amide bonds. The third kappa shape index (κ3) is 2.44. The Morgan fingerprint density at radius 1 is 1.37 bits per heavy atom. The van der Waals surface area contributed by atoms with Crippen molar-refractivity contribution in [3.05, 3.63) is 47.5 Å². The van der Waals surface area contributed by atoms with Gasteiger partial charge in [-0.3, -0.25) is 0 Å². The predicted molar refractivity (Wildman–Crippen MR) is 60.3 cm³/mol. The summed E-state index contributed by atoms with van der Waals surface area (Å²) < 4.78 is 40.0. The topological polar surface area (TPSA) is 55.1 Å². The number of halogens is 3. The van der Waals surface area contributed by atoms with Gasteiger partial charge in [-0.2, -0.15) is 13.2 Å². The molecular formula is C12H9F3N2O2. The van der Waals surface area contributed by atoms with Crippen molar-refractivity contribution < 1.29 is 23.1 Å². The van der Waals surface area contributed by atoms with E-state index in [-0.39, 0.29) is 5.69 Å². The molecule has 0 aliphatic heterocycles. The van der Waals surface area contributed by atoms with E-state index in [1.807, 2.05) is 0 Å². The van der Waals surface area contributed by atoms with Gasteiger partial charge in [-0.25, -0.2) is 9.78 Å². The Balaban J connectivity index is 2.63. The van der Waals surface area contributed by atoms with Crippen LogP contribution < -0.4 is 0 Å². The number of imidazole rings is 1. The van der Waals surface area contributed by atoms with Crippen LogP contribution in [0.4, 0.5) is 13.2 Å². The van der Waals surface area contributed by atoms with Crippen molar-refractivity contribution in [3.8, 4) is 5.69 Å². The summed E-state index contributed by atoms with van der Waals surface area (Å²) in [5.41, 5.74) is -1.73.